The number of hydrogen-bond acceptors (Lipinski definition) is 3. The van der Waals surface area contributed by atoms with E-state index >= 15 is 0 Å². The molecule has 0 atom stereocenters. The summed E-state index contributed by atoms with van der Waals surface area (Å²) < 4.78 is 26.7. The summed E-state index contributed by atoms with van der Waals surface area (Å²) in [5, 5.41) is 0.275. The highest BCUT2D eigenvalue weighted by Gasteiger charge is 2.34. The molecule has 1 fully saturated rings. The van der Waals surface area contributed by atoms with Crippen molar-refractivity contribution in [2.45, 2.75) is 31.6 Å². The lowest BCUT2D eigenvalue weighted by Gasteiger charge is -2.37. The van der Waals surface area contributed by atoms with Crippen LogP contribution in [0.25, 0.3) is 0 Å². The van der Waals surface area contributed by atoms with E-state index in [0.717, 1.165) is 12.8 Å². The van der Waals surface area contributed by atoms with Gasteiger partial charge in [-0.1, -0.05) is 25.4 Å². The lowest BCUT2D eigenvalue weighted by atomic mass is 9.85. The minimum atomic E-state index is -3.48. The van der Waals surface area contributed by atoms with Crippen molar-refractivity contribution < 1.29 is 8.42 Å². The smallest absolute Gasteiger partial charge is 0.243 e. The predicted molar refractivity (Wildman–Crippen MR) is 77.6 cm³/mol. The molecule has 19 heavy (non-hydrogen) atoms. The third-order valence-electron chi connectivity index (χ3n) is 3.48. The van der Waals surface area contributed by atoms with E-state index in [4.69, 9.17) is 17.3 Å². The Labute approximate surface area is 119 Å². The predicted octanol–water partition coefficient (Wildman–Crippen LogP) is 2.73. The molecular formula is C13H19ClN2O2S. The Balaban J connectivity index is 2.34. The number of anilines is 1. The summed E-state index contributed by atoms with van der Waals surface area (Å²) in [6.45, 7) is 5.28. The van der Waals surface area contributed by atoms with Gasteiger partial charge in [0.25, 0.3) is 0 Å². The molecule has 1 heterocycles. The number of sulfonamides is 1. The van der Waals surface area contributed by atoms with E-state index < -0.39 is 10.0 Å². The van der Waals surface area contributed by atoms with Gasteiger partial charge in [-0.15, -0.1) is 0 Å². The zero-order valence-electron chi connectivity index (χ0n) is 11.2. The van der Waals surface area contributed by atoms with Crippen molar-refractivity contribution in [3.63, 3.8) is 0 Å². The Hall–Kier alpha value is -0.780. The molecule has 0 spiro atoms. The van der Waals surface area contributed by atoms with Gasteiger partial charge in [0.05, 0.1) is 15.6 Å². The third-order valence-corrected chi connectivity index (χ3v) is 5.64. The summed E-state index contributed by atoms with van der Waals surface area (Å²) in [5.41, 5.74) is 6.02. The number of nitrogens with zero attached hydrogens (tertiary/aromatic N) is 1. The molecule has 1 aliphatic heterocycles. The van der Waals surface area contributed by atoms with Crippen LogP contribution in [0.4, 0.5) is 5.69 Å². The minimum absolute atomic E-state index is 0.0168. The molecule has 2 rings (SSSR count). The fourth-order valence-electron chi connectivity index (χ4n) is 2.39. The van der Waals surface area contributed by atoms with E-state index in [0.29, 0.717) is 18.8 Å². The van der Waals surface area contributed by atoms with Gasteiger partial charge >= 0.3 is 0 Å². The average Bonchev–Trinajstić information content (AvgIpc) is 2.31. The zero-order chi connectivity index (χ0) is 14.3. The van der Waals surface area contributed by atoms with Gasteiger partial charge in [-0.25, -0.2) is 8.42 Å². The molecule has 4 nitrogen and oxygen atoms in total. The highest BCUT2D eigenvalue weighted by Crippen LogP contribution is 2.32. The van der Waals surface area contributed by atoms with E-state index in [2.05, 4.69) is 13.8 Å². The number of benzene rings is 1. The first-order chi connectivity index (χ1) is 8.72. The van der Waals surface area contributed by atoms with Gasteiger partial charge < -0.3 is 5.73 Å². The SMILES string of the molecule is CC1(C)CCCN(S(=O)(=O)c2ccc(N)c(Cl)c2)C1. The molecule has 1 aromatic rings. The number of piperidine rings is 1. The second-order valence-corrected chi connectivity index (χ2v) is 8.13. The number of nitrogen functional groups attached to an aromatic ring is 1. The molecule has 6 heteroatoms. The maximum atomic E-state index is 12.6. The number of rotatable bonds is 2. The van der Waals surface area contributed by atoms with Crippen LogP contribution in [0.1, 0.15) is 26.7 Å². The Morgan fingerprint density at radius 2 is 2.05 bits per heavy atom. The number of nitrogens with two attached hydrogens (primary N) is 1. The molecule has 0 saturated carbocycles. The highest BCUT2D eigenvalue weighted by molar-refractivity contribution is 7.89. The average molecular weight is 303 g/mol. The Morgan fingerprint density at radius 3 is 2.63 bits per heavy atom. The van der Waals surface area contributed by atoms with Crippen LogP contribution in [0.3, 0.4) is 0 Å². The van der Waals surface area contributed by atoms with Crippen LogP contribution >= 0.6 is 11.6 Å². The second kappa shape index (κ2) is 4.96. The molecule has 0 bridgehead atoms. The summed E-state index contributed by atoms with van der Waals surface area (Å²) in [7, 11) is -3.48. The van der Waals surface area contributed by atoms with Crippen molar-refractivity contribution in [3.05, 3.63) is 23.2 Å². The third kappa shape index (κ3) is 3.04. The fourth-order valence-corrected chi connectivity index (χ4v) is 4.33. The van der Waals surface area contributed by atoms with Gasteiger partial charge in [0, 0.05) is 13.1 Å². The van der Waals surface area contributed by atoms with E-state index in [9.17, 15) is 8.42 Å². The molecule has 0 amide bonds. The van der Waals surface area contributed by atoms with Gasteiger partial charge in [-0.2, -0.15) is 4.31 Å². The van der Waals surface area contributed by atoms with E-state index in [1.807, 2.05) is 0 Å². The van der Waals surface area contributed by atoms with Crippen molar-refractivity contribution in [2.24, 2.45) is 5.41 Å². The van der Waals surface area contributed by atoms with Crippen LogP contribution < -0.4 is 5.73 Å². The van der Waals surface area contributed by atoms with Gasteiger partial charge in [-0.3, -0.25) is 0 Å². The molecular weight excluding hydrogens is 284 g/mol. The standard InChI is InChI=1S/C13H19ClN2O2S/c1-13(2)6-3-7-16(9-13)19(17,18)10-4-5-12(15)11(14)8-10/h4-5,8H,3,6-7,9,15H2,1-2H3. The first-order valence-corrected chi connectivity index (χ1v) is 8.09. The van der Waals surface area contributed by atoms with Gasteiger partial charge in [-0.05, 0) is 36.5 Å². The maximum absolute atomic E-state index is 12.6. The molecule has 2 N–H and O–H groups in total. The molecule has 0 aromatic heterocycles. The van der Waals surface area contributed by atoms with E-state index in [-0.39, 0.29) is 15.3 Å². The van der Waals surface area contributed by atoms with Crippen LogP contribution in [0.5, 0.6) is 0 Å². The molecule has 1 aromatic carbocycles. The summed E-state index contributed by atoms with van der Waals surface area (Å²) >= 11 is 5.91. The lowest BCUT2D eigenvalue weighted by molar-refractivity contribution is 0.187. The van der Waals surface area contributed by atoms with Crippen molar-refractivity contribution in [2.75, 3.05) is 18.8 Å². The quantitative estimate of drug-likeness (QED) is 0.854. The van der Waals surface area contributed by atoms with Crippen LogP contribution in [0, 0.1) is 5.41 Å². The summed E-state index contributed by atoms with van der Waals surface area (Å²) in [5.74, 6) is 0. The zero-order valence-corrected chi connectivity index (χ0v) is 12.8. The summed E-state index contributed by atoms with van der Waals surface area (Å²) in [6.07, 6.45) is 1.93. The minimum Gasteiger partial charge on any atom is -0.398 e. The normalized spacial score (nSPS) is 20.4. The van der Waals surface area contributed by atoms with E-state index in [1.165, 1.54) is 18.2 Å². The lowest BCUT2D eigenvalue weighted by Crippen LogP contribution is -2.43. The molecule has 1 aliphatic rings. The Bertz CT molecular complexity index is 584. The molecule has 0 aliphatic carbocycles. The highest BCUT2D eigenvalue weighted by atomic mass is 35.5. The Kier molecular flexibility index (Phi) is 3.82. The first-order valence-electron chi connectivity index (χ1n) is 6.28. The largest absolute Gasteiger partial charge is 0.398 e. The summed E-state index contributed by atoms with van der Waals surface area (Å²) in [4.78, 5) is 0.212. The second-order valence-electron chi connectivity index (χ2n) is 5.79. The van der Waals surface area contributed by atoms with Crippen molar-refractivity contribution in [1.29, 1.82) is 0 Å². The summed E-state index contributed by atoms with van der Waals surface area (Å²) in [6, 6.07) is 4.47. The fraction of sp³-hybridized carbons (Fsp3) is 0.538. The van der Waals surface area contributed by atoms with Crippen LogP contribution in [-0.4, -0.2) is 25.8 Å². The van der Waals surface area contributed by atoms with Gasteiger partial charge in [0.1, 0.15) is 0 Å². The molecule has 1 saturated heterocycles. The topological polar surface area (TPSA) is 63.4 Å². The van der Waals surface area contributed by atoms with Gasteiger partial charge in [0.2, 0.25) is 10.0 Å². The number of hydrogen-bond donors (Lipinski definition) is 1. The monoisotopic (exact) mass is 302 g/mol. The van der Waals surface area contributed by atoms with Crippen molar-refractivity contribution in [3.8, 4) is 0 Å². The van der Waals surface area contributed by atoms with Crippen LogP contribution in [0.15, 0.2) is 23.1 Å². The van der Waals surface area contributed by atoms with Crippen LogP contribution in [-0.2, 0) is 10.0 Å². The van der Waals surface area contributed by atoms with E-state index in [1.54, 1.807) is 4.31 Å². The van der Waals surface area contributed by atoms with Gasteiger partial charge in [0.15, 0.2) is 0 Å². The molecule has 106 valence electrons. The molecule has 0 unspecified atom stereocenters. The van der Waals surface area contributed by atoms with Crippen molar-refractivity contribution >= 4 is 27.3 Å². The first kappa shape index (κ1) is 14.6. The van der Waals surface area contributed by atoms with Crippen LogP contribution in [0.2, 0.25) is 5.02 Å². The number of halogens is 1. The maximum Gasteiger partial charge on any atom is 0.243 e. The Morgan fingerprint density at radius 1 is 1.37 bits per heavy atom. The van der Waals surface area contributed by atoms with Crippen molar-refractivity contribution in [1.82, 2.24) is 4.31 Å². The molecule has 0 radical (unpaired) electrons.